The fourth-order valence-electron chi connectivity index (χ4n) is 1.43. The van der Waals surface area contributed by atoms with Crippen molar-refractivity contribution in [2.24, 2.45) is 0 Å². The average Bonchev–Trinajstić information content (AvgIpc) is 2.74. The van der Waals surface area contributed by atoms with Gasteiger partial charge in [-0.2, -0.15) is 4.98 Å². The fraction of sp³-hybridized carbons (Fsp3) is 0.500. The van der Waals surface area contributed by atoms with Gasteiger partial charge in [0.2, 0.25) is 0 Å². The van der Waals surface area contributed by atoms with E-state index in [1.165, 1.54) is 4.90 Å². The molecule has 0 amide bonds. The van der Waals surface area contributed by atoms with Crippen molar-refractivity contribution < 1.29 is 24.5 Å². The smallest absolute Gasteiger partial charge is 0.357 e. The Morgan fingerprint density at radius 3 is 2.53 bits per heavy atom. The summed E-state index contributed by atoms with van der Waals surface area (Å²) in [6.07, 6.45) is -0.690. The Labute approximate surface area is 84.6 Å². The van der Waals surface area contributed by atoms with E-state index in [1.807, 2.05) is 0 Å². The van der Waals surface area contributed by atoms with E-state index in [9.17, 15) is 15.0 Å². The van der Waals surface area contributed by atoms with E-state index < -0.39 is 18.2 Å². The molecular formula is C8H10N2O5. The van der Waals surface area contributed by atoms with Crippen LogP contribution in [0.5, 0.6) is 0 Å². The van der Waals surface area contributed by atoms with Crippen molar-refractivity contribution in [2.75, 3.05) is 18.0 Å². The van der Waals surface area contributed by atoms with E-state index in [1.54, 1.807) is 0 Å². The largest absolute Gasteiger partial charge is 0.476 e. The number of oxazole rings is 1. The Morgan fingerprint density at radius 1 is 1.47 bits per heavy atom. The summed E-state index contributed by atoms with van der Waals surface area (Å²) >= 11 is 0. The minimum Gasteiger partial charge on any atom is -0.476 e. The Hall–Kier alpha value is -1.60. The summed E-state index contributed by atoms with van der Waals surface area (Å²) < 4.78 is 4.92. The number of rotatable bonds is 2. The van der Waals surface area contributed by atoms with Gasteiger partial charge < -0.3 is 24.6 Å². The van der Waals surface area contributed by atoms with Crippen LogP contribution in [-0.4, -0.2) is 51.6 Å². The van der Waals surface area contributed by atoms with Crippen LogP contribution in [0.25, 0.3) is 0 Å². The van der Waals surface area contributed by atoms with Crippen LogP contribution in [0.3, 0.4) is 0 Å². The standard InChI is InChI=1S/C8H10N2O5/c11-5-1-10(2-6(5)12)8-9-4(3-15-8)7(13)14/h3,5-6,11-12H,1-2H2,(H,13,14). The molecule has 0 spiro atoms. The molecule has 2 unspecified atom stereocenters. The average molecular weight is 214 g/mol. The van der Waals surface area contributed by atoms with E-state index in [4.69, 9.17) is 9.52 Å². The summed E-state index contributed by atoms with van der Waals surface area (Å²) in [5, 5.41) is 27.1. The van der Waals surface area contributed by atoms with Gasteiger partial charge in [0.05, 0.1) is 25.3 Å². The lowest BCUT2D eigenvalue weighted by atomic mass is 10.3. The van der Waals surface area contributed by atoms with Gasteiger partial charge in [-0.25, -0.2) is 4.79 Å². The van der Waals surface area contributed by atoms with Gasteiger partial charge in [-0.1, -0.05) is 0 Å². The number of carboxylic acids is 1. The normalized spacial score (nSPS) is 25.9. The Bertz CT molecular complexity index is 367. The van der Waals surface area contributed by atoms with Crippen LogP contribution in [-0.2, 0) is 0 Å². The van der Waals surface area contributed by atoms with Gasteiger partial charge in [-0.05, 0) is 0 Å². The number of hydrogen-bond donors (Lipinski definition) is 3. The molecule has 1 saturated heterocycles. The quantitative estimate of drug-likeness (QED) is 0.574. The third-order valence-corrected chi connectivity index (χ3v) is 2.24. The first-order chi connectivity index (χ1) is 7.08. The van der Waals surface area contributed by atoms with Crippen LogP contribution in [0.2, 0.25) is 0 Å². The number of carbonyl (C=O) groups is 1. The molecule has 0 radical (unpaired) electrons. The highest BCUT2D eigenvalue weighted by Gasteiger charge is 2.32. The lowest BCUT2D eigenvalue weighted by Crippen LogP contribution is -2.22. The van der Waals surface area contributed by atoms with E-state index >= 15 is 0 Å². The molecule has 1 aromatic heterocycles. The molecule has 1 aliphatic heterocycles. The second-order valence-electron chi connectivity index (χ2n) is 3.36. The lowest BCUT2D eigenvalue weighted by Gasteiger charge is -2.10. The van der Waals surface area contributed by atoms with Crippen LogP contribution in [0, 0.1) is 0 Å². The van der Waals surface area contributed by atoms with Crippen LogP contribution in [0.15, 0.2) is 10.7 Å². The molecule has 82 valence electrons. The molecule has 7 heteroatoms. The van der Waals surface area contributed by atoms with Crippen molar-refractivity contribution in [3.05, 3.63) is 12.0 Å². The molecule has 1 aromatic rings. The van der Waals surface area contributed by atoms with Crippen LogP contribution in [0.1, 0.15) is 10.5 Å². The highest BCUT2D eigenvalue weighted by Crippen LogP contribution is 2.19. The third-order valence-electron chi connectivity index (χ3n) is 2.24. The second kappa shape index (κ2) is 3.52. The van der Waals surface area contributed by atoms with Crippen LogP contribution < -0.4 is 4.90 Å². The molecule has 0 aromatic carbocycles. The summed E-state index contributed by atoms with van der Waals surface area (Å²) in [6.45, 7) is 0.363. The number of β-amino-alcohol motifs (C(OH)–C–C–N with tert-alkyl or cyclic N) is 2. The predicted octanol–water partition coefficient (Wildman–Crippen LogP) is -1.09. The number of aromatic nitrogens is 1. The van der Waals surface area contributed by atoms with Crippen LogP contribution >= 0.6 is 0 Å². The highest BCUT2D eigenvalue weighted by atomic mass is 16.4. The molecule has 1 fully saturated rings. The molecular weight excluding hydrogens is 204 g/mol. The van der Waals surface area contributed by atoms with Gasteiger partial charge >= 0.3 is 5.97 Å². The number of carboxylic acid groups (broad SMARTS) is 1. The summed E-state index contributed by atoms with van der Waals surface area (Å²) in [5.41, 5.74) is -0.194. The lowest BCUT2D eigenvalue weighted by molar-refractivity contribution is 0.0572. The molecule has 0 saturated carbocycles. The van der Waals surface area contributed by atoms with Crippen molar-refractivity contribution in [2.45, 2.75) is 12.2 Å². The van der Waals surface area contributed by atoms with Gasteiger partial charge in [-0.3, -0.25) is 0 Å². The zero-order valence-corrected chi connectivity index (χ0v) is 7.70. The van der Waals surface area contributed by atoms with Gasteiger partial charge in [0.1, 0.15) is 6.26 Å². The number of anilines is 1. The minimum atomic E-state index is -1.18. The fourth-order valence-corrected chi connectivity index (χ4v) is 1.43. The monoisotopic (exact) mass is 214 g/mol. The van der Waals surface area contributed by atoms with E-state index in [2.05, 4.69) is 4.98 Å². The first-order valence-electron chi connectivity index (χ1n) is 4.38. The summed E-state index contributed by atoms with van der Waals surface area (Å²) in [6, 6.07) is 0.100. The number of hydrogen-bond acceptors (Lipinski definition) is 6. The van der Waals surface area contributed by atoms with E-state index in [0.717, 1.165) is 6.26 Å². The van der Waals surface area contributed by atoms with Crippen molar-refractivity contribution in [1.82, 2.24) is 4.98 Å². The molecule has 0 aliphatic carbocycles. The van der Waals surface area contributed by atoms with E-state index in [0.29, 0.717) is 0 Å². The van der Waals surface area contributed by atoms with Gasteiger partial charge in [0.15, 0.2) is 5.69 Å². The van der Waals surface area contributed by atoms with Gasteiger partial charge in [0.25, 0.3) is 6.01 Å². The SMILES string of the molecule is O=C(O)c1coc(N2CC(O)C(O)C2)n1. The number of aliphatic hydroxyl groups is 2. The molecule has 0 bridgehead atoms. The third kappa shape index (κ3) is 1.79. The van der Waals surface area contributed by atoms with E-state index in [-0.39, 0.29) is 24.8 Å². The zero-order valence-electron chi connectivity index (χ0n) is 7.70. The topological polar surface area (TPSA) is 107 Å². The summed E-state index contributed by atoms with van der Waals surface area (Å²) in [5.74, 6) is -1.18. The first-order valence-corrected chi connectivity index (χ1v) is 4.38. The molecule has 15 heavy (non-hydrogen) atoms. The second-order valence-corrected chi connectivity index (χ2v) is 3.36. The Morgan fingerprint density at radius 2 is 2.07 bits per heavy atom. The highest BCUT2D eigenvalue weighted by molar-refractivity contribution is 5.85. The Balaban J connectivity index is 2.14. The summed E-state index contributed by atoms with van der Waals surface area (Å²) in [7, 11) is 0. The van der Waals surface area contributed by atoms with Crippen molar-refractivity contribution in [3.8, 4) is 0 Å². The minimum absolute atomic E-state index is 0.100. The maximum absolute atomic E-state index is 10.5. The number of aliphatic hydroxyl groups excluding tert-OH is 2. The van der Waals surface area contributed by atoms with Gasteiger partial charge in [-0.15, -0.1) is 0 Å². The summed E-state index contributed by atoms with van der Waals surface area (Å²) in [4.78, 5) is 15.7. The zero-order chi connectivity index (χ0) is 11.0. The molecule has 2 rings (SSSR count). The Kier molecular flexibility index (Phi) is 2.33. The van der Waals surface area contributed by atoms with Crippen molar-refractivity contribution in [3.63, 3.8) is 0 Å². The number of nitrogens with zero attached hydrogens (tertiary/aromatic N) is 2. The maximum atomic E-state index is 10.5. The molecule has 7 nitrogen and oxygen atoms in total. The molecule has 2 heterocycles. The van der Waals surface area contributed by atoms with Crippen LogP contribution in [0.4, 0.5) is 6.01 Å². The predicted molar refractivity (Wildman–Crippen MR) is 47.7 cm³/mol. The van der Waals surface area contributed by atoms with Crippen molar-refractivity contribution >= 4 is 12.0 Å². The maximum Gasteiger partial charge on any atom is 0.357 e. The van der Waals surface area contributed by atoms with Crippen molar-refractivity contribution in [1.29, 1.82) is 0 Å². The number of aromatic carboxylic acids is 1. The van der Waals surface area contributed by atoms with Gasteiger partial charge in [0, 0.05) is 0 Å². The molecule has 3 N–H and O–H groups in total. The first kappa shape index (κ1) is 9.94. The molecule has 2 atom stereocenters. The molecule has 1 aliphatic rings.